The number of aromatic nitrogens is 1. The molecule has 1 amide bonds. The van der Waals surface area contributed by atoms with Crippen LogP contribution >= 0.6 is 23.2 Å². The third-order valence-electron chi connectivity index (χ3n) is 5.59. The highest BCUT2D eigenvalue weighted by molar-refractivity contribution is 7.88. The summed E-state index contributed by atoms with van der Waals surface area (Å²) in [4.78, 5) is 17.1. The number of hydrogen-bond donors (Lipinski definition) is 1. The molecule has 2 heterocycles. The molecule has 0 radical (unpaired) electrons. The lowest BCUT2D eigenvalue weighted by molar-refractivity contribution is 0.0941. The monoisotopic (exact) mass is 527 g/mol. The molecule has 0 saturated carbocycles. The third kappa shape index (κ3) is 6.21. The third-order valence-corrected chi connectivity index (χ3v) is 7.56. The number of sulfonamides is 1. The molecule has 0 bridgehead atoms. The zero-order valence-corrected chi connectivity index (χ0v) is 21.6. The second kappa shape index (κ2) is 10.9. The van der Waals surface area contributed by atoms with Gasteiger partial charge in [-0.25, -0.2) is 17.7 Å². The summed E-state index contributed by atoms with van der Waals surface area (Å²) in [6.07, 6.45) is 4.02. The number of carbonyl (C=O) groups excluding carboxylic acids is 1. The normalized spacial score (nSPS) is 15.1. The van der Waals surface area contributed by atoms with Crippen molar-refractivity contribution in [3.8, 4) is 17.4 Å². The second-order valence-electron chi connectivity index (χ2n) is 8.16. The number of pyridine rings is 1. The van der Waals surface area contributed by atoms with Crippen LogP contribution in [0.3, 0.4) is 0 Å². The van der Waals surface area contributed by atoms with Gasteiger partial charge in [0.1, 0.15) is 5.75 Å². The summed E-state index contributed by atoms with van der Waals surface area (Å²) in [5.41, 5.74) is 1.63. The van der Waals surface area contributed by atoms with Crippen LogP contribution in [0, 0.1) is 5.92 Å². The fourth-order valence-electron chi connectivity index (χ4n) is 3.65. The molecule has 11 heteroatoms. The first-order valence-electron chi connectivity index (χ1n) is 10.6. The molecule has 0 atom stereocenters. The molecule has 1 fully saturated rings. The molecule has 0 aliphatic carbocycles. The van der Waals surface area contributed by atoms with Crippen molar-refractivity contribution in [1.82, 2.24) is 14.6 Å². The van der Waals surface area contributed by atoms with Gasteiger partial charge in [-0.15, -0.1) is 0 Å². The molecule has 34 heavy (non-hydrogen) atoms. The van der Waals surface area contributed by atoms with Gasteiger partial charge < -0.3 is 14.8 Å². The molecular formula is C23H27Cl2N3O5S. The summed E-state index contributed by atoms with van der Waals surface area (Å²) < 4.78 is 35.9. The topological polar surface area (TPSA) is 97.8 Å². The van der Waals surface area contributed by atoms with E-state index in [2.05, 4.69) is 16.9 Å². The Labute approximate surface area is 209 Å². The molecule has 1 aliphatic heterocycles. The summed E-state index contributed by atoms with van der Waals surface area (Å²) in [5, 5.41) is 3.19. The Morgan fingerprint density at radius 1 is 1.26 bits per heavy atom. The van der Waals surface area contributed by atoms with Gasteiger partial charge in [-0.05, 0) is 49.5 Å². The number of nitrogens with one attached hydrogen (secondary N) is 1. The fraction of sp³-hybridized carbons (Fsp3) is 0.391. The van der Waals surface area contributed by atoms with Crippen LogP contribution in [0.25, 0.3) is 5.57 Å². The lowest BCUT2D eigenvalue weighted by Crippen LogP contribution is -2.41. The van der Waals surface area contributed by atoms with Crippen molar-refractivity contribution < 1.29 is 22.7 Å². The maximum Gasteiger partial charge on any atom is 0.252 e. The predicted molar refractivity (Wildman–Crippen MR) is 134 cm³/mol. The molecular weight excluding hydrogens is 501 g/mol. The van der Waals surface area contributed by atoms with E-state index in [1.54, 1.807) is 12.1 Å². The van der Waals surface area contributed by atoms with Crippen LogP contribution in [0.4, 0.5) is 0 Å². The van der Waals surface area contributed by atoms with E-state index in [0.717, 1.165) is 5.57 Å². The Hall–Kier alpha value is -2.33. The molecule has 1 N–H and O–H groups in total. The van der Waals surface area contributed by atoms with E-state index in [9.17, 15) is 13.2 Å². The standard InChI is InChI=1S/C23H27Cl2N3O5S/c1-14(2)18-11-16(13-27-23(18)32-3)33-21-19(24)6-5-17(20(21)25)22(29)26-12-15-7-9-28(10-8-15)34(4,30)31/h5-6,11,13,15H,1,7-10,12H2,2-4H3,(H,26,29). The first-order valence-corrected chi connectivity index (χ1v) is 13.2. The number of allylic oxidation sites excluding steroid dienone is 1. The van der Waals surface area contributed by atoms with Crippen molar-refractivity contribution in [1.29, 1.82) is 0 Å². The highest BCUT2D eigenvalue weighted by Crippen LogP contribution is 2.39. The van der Waals surface area contributed by atoms with E-state index in [4.69, 9.17) is 32.7 Å². The van der Waals surface area contributed by atoms with Crippen LogP contribution in [0.2, 0.25) is 10.0 Å². The lowest BCUT2D eigenvalue weighted by Gasteiger charge is -2.30. The Morgan fingerprint density at radius 3 is 2.53 bits per heavy atom. The largest absolute Gasteiger partial charge is 0.481 e. The van der Waals surface area contributed by atoms with Crippen molar-refractivity contribution in [2.75, 3.05) is 33.0 Å². The molecule has 1 saturated heterocycles. The van der Waals surface area contributed by atoms with Gasteiger partial charge in [0.2, 0.25) is 15.9 Å². The number of hydrogen-bond acceptors (Lipinski definition) is 6. The Bertz CT molecular complexity index is 1200. The minimum absolute atomic E-state index is 0.0737. The first kappa shape index (κ1) is 26.3. The van der Waals surface area contributed by atoms with Crippen molar-refractivity contribution in [2.45, 2.75) is 19.8 Å². The maximum atomic E-state index is 12.8. The average Bonchev–Trinajstić information content (AvgIpc) is 2.79. The number of ether oxygens (including phenoxy) is 2. The number of nitrogens with zero attached hydrogens (tertiary/aromatic N) is 2. The van der Waals surface area contributed by atoms with Gasteiger partial charge in [-0.1, -0.05) is 29.8 Å². The smallest absolute Gasteiger partial charge is 0.252 e. The minimum Gasteiger partial charge on any atom is -0.481 e. The van der Waals surface area contributed by atoms with Gasteiger partial charge in [0, 0.05) is 25.2 Å². The SMILES string of the molecule is C=C(C)c1cc(Oc2c(Cl)ccc(C(=O)NCC3CCN(S(C)(=O)=O)CC3)c2Cl)cnc1OC. The minimum atomic E-state index is -3.19. The fourth-order valence-corrected chi connectivity index (χ4v) is 5.06. The maximum absolute atomic E-state index is 12.8. The number of benzene rings is 1. The summed E-state index contributed by atoms with van der Waals surface area (Å²) in [6, 6.07) is 4.78. The number of methoxy groups -OCH3 is 1. The van der Waals surface area contributed by atoms with Gasteiger partial charge in [-0.2, -0.15) is 0 Å². The van der Waals surface area contributed by atoms with E-state index in [-0.39, 0.29) is 33.2 Å². The average molecular weight is 528 g/mol. The van der Waals surface area contributed by atoms with Crippen molar-refractivity contribution in [3.05, 3.63) is 52.1 Å². The summed E-state index contributed by atoms with van der Waals surface area (Å²) in [5.74, 6) is 0.713. The van der Waals surface area contributed by atoms with Crippen molar-refractivity contribution in [3.63, 3.8) is 0 Å². The summed E-state index contributed by atoms with van der Waals surface area (Å²) in [7, 11) is -1.68. The van der Waals surface area contributed by atoms with Gasteiger partial charge in [0.05, 0.1) is 35.2 Å². The number of amides is 1. The van der Waals surface area contributed by atoms with Gasteiger partial charge in [0.15, 0.2) is 5.75 Å². The van der Waals surface area contributed by atoms with Crippen LogP contribution in [-0.2, 0) is 10.0 Å². The van der Waals surface area contributed by atoms with E-state index >= 15 is 0 Å². The van der Waals surface area contributed by atoms with E-state index in [1.807, 2.05) is 6.92 Å². The van der Waals surface area contributed by atoms with Crippen LogP contribution in [0.15, 0.2) is 31.0 Å². The summed E-state index contributed by atoms with van der Waals surface area (Å²) in [6.45, 7) is 7.04. The predicted octanol–water partition coefficient (Wildman–Crippen LogP) is 4.62. The highest BCUT2D eigenvalue weighted by atomic mass is 35.5. The quantitative estimate of drug-likeness (QED) is 0.537. The van der Waals surface area contributed by atoms with Crippen LogP contribution < -0.4 is 14.8 Å². The van der Waals surface area contributed by atoms with Crippen molar-refractivity contribution >= 4 is 44.7 Å². The van der Waals surface area contributed by atoms with Gasteiger partial charge in [-0.3, -0.25) is 4.79 Å². The van der Waals surface area contributed by atoms with Gasteiger partial charge in [0.25, 0.3) is 5.91 Å². The van der Waals surface area contributed by atoms with Crippen LogP contribution in [-0.4, -0.2) is 56.6 Å². The molecule has 0 spiro atoms. The van der Waals surface area contributed by atoms with Crippen molar-refractivity contribution in [2.24, 2.45) is 5.92 Å². The van der Waals surface area contributed by atoms with Gasteiger partial charge >= 0.3 is 0 Å². The number of piperidine rings is 1. The molecule has 8 nitrogen and oxygen atoms in total. The Morgan fingerprint density at radius 2 is 1.94 bits per heavy atom. The second-order valence-corrected chi connectivity index (χ2v) is 10.9. The van der Waals surface area contributed by atoms with Crippen LogP contribution in [0.5, 0.6) is 17.4 Å². The first-order chi connectivity index (χ1) is 16.0. The Balaban J connectivity index is 1.71. The molecule has 184 valence electrons. The number of rotatable bonds is 8. The zero-order chi connectivity index (χ0) is 25.0. The molecule has 1 aromatic heterocycles. The highest BCUT2D eigenvalue weighted by Gasteiger charge is 2.26. The number of halogens is 2. The molecule has 1 aliphatic rings. The Kier molecular flexibility index (Phi) is 8.46. The van der Waals surface area contributed by atoms with Crippen LogP contribution in [0.1, 0.15) is 35.7 Å². The van der Waals surface area contributed by atoms with E-state index < -0.39 is 10.0 Å². The molecule has 3 rings (SSSR count). The van der Waals surface area contributed by atoms with E-state index in [0.29, 0.717) is 49.7 Å². The summed E-state index contributed by atoms with van der Waals surface area (Å²) >= 11 is 12.8. The van der Waals surface area contributed by atoms with E-state index in [1.165, 1.54) is 29.9 Å². The molecule has 2 aromatic rings. The zero-order valence-electron chi connectivity index (χ0n) is 19.2. The molecule has 0 unspecified atom stereocenters. The molecule has 1 aromatic carbocycles. The lowest BCUT2D eigenvalue weighted by atomic mass is 9.98. The number of carbonyl (C=O) groups is 1.